The predicted octanol–water partition coefficient (Wildman–Crippen LogP) is 3.57. The molecule has 0 spiro atoms. The standard InChI is InChI=1S/C18H20N2O3/c1-3-22-14-6-4-13(5-7-14)18(21)20-19-11-15-8-9-17(23-15)16-10-12(16)2/h4-9,11-12,16H,3,10H2,1-2H3,(H,20,21)/b19-11-/t12-,16-/m1/s1. The average molecular weight is 312 g/mol. The van der Waals surface area contributed by atoms with E-state index in [-0.39, 0.29) is 5.91 Å². The van der Waals surface area contributed by atoms with E-state index in [1.807, 2.05) is 19.1 Å². The molecule has 1 fully saturated rings. The van der Waals surface area contributed by atoms with E-state index in [1.165, 1.54) is 12.6 Å². The SMILES string of the molecule is CCOc1ccc(C(=O)N/N=C\c2ccc([C@@H]3C[C@H]3C)o2)cc1. The molecule has 0 unspecified atom stereocenters. The zero-order valence-corrected chi connectivity index (χ0v) is 13.3. The molecule has 1 aliphatic carbocycles. The molecule has 0 bridgehead atoms. The second-order valence-electron chi connectivity index (χ2n) is 5.72. The molecule has 1 heterocycles. The fourth-order valence-electron chi connectivity index (χ4n) is 2.44. The van der Waals surface area contributed by atoms with Crippen LogP contribution in [0.15, 0.2) is 45.9 Å². The minimum Gasteiger partial charge on any atom is -0.494 e. The molecule has 120 valence electrons. The molecule has 1 aliphatic rings. The highest BCUT2D eigenvalue weighted by Gasteiger charge is 2.36. The number of benzene rings is 1. The quantitative estimate of drug-likeness (QED) is 0.655. The summed E-state index contributed by atoms with van der Waals surface area (Å²) in [5.74, 6) is 3.35. The van der Waals surface area contributed by atoms with E-state index in [2.05, 4.69) is 17.5 Å². The molecule has 1 aromatic carbocycles. The van der Waals surface area contributed by atoms with E-state index >= 15 is 0 Å². The van der Waals surface area contributed by atoms with Crippen molar-refractivity contribution in [3.8, 4) is 5.75 Å². The van der Waals surface area contributed by atoms with Crippen LogP contribution in [0.2, 0.25) is 0 Å². The first-order valence-corrected chi connectivity index (χ1v) is 7.83. The van der Waals surface area contributed by atoms with Crippen LogP contribution in [0, 0.1) is 5.92 Å². The van der Waals surface area contributed by atoms with Gasteiger partial charge in [0.05, 0.1) is 12.8 Å². The predicted molar refractivity (Wildman–Crippen MR) is 87.9 cm³/mol. The number of carbonyl (C=O) groups excluding carboxylic acids is 1. The summed E-state index contributed by atoms with van der Waals surface area (Å²) in [6.45, 7) is 4.72. The number of furan rings is 1. The van der Waals surface area contributed by atoms with Crippen LogP contribution >= 0.6 is 0 Å². The number of hydrogen-bond acceptors (Lipinski definition) is 4. The van der Waals surface area contributed by atoms with Crippen LogP contribution in [-0.2, 0) is 0 Å². The number of amides is 1. The van der Waals surface area contributed by atoms with Gasteiger partial charge < -0.3 is 9.15 Å². The molecule has 5 heteroatoms. The molecule has 0 saturated heterocycles. The zero-order chi connectivity index (χ0) is 16.2. The van der Waals surface area contributed by atoms with Crippen molar-refractivity contribution in [2.24, 2.45) is 11.0 Å². The summed E-state index contributed by atoms with van der Waals surface area (Å²) in [7, 11) is 0. The highest BCUT2D eigenvalue weighted by Crippen LogP contribution is 2.47. The highest BCUT2D eigenvalue weighted by molar-refractivity contribution is 5.94. The summed E-state index contributed by atoms with van der Waals surface area (Å²) in [6, 6.07) is 10.8. The molecule has 5 nitrogen and oxygen atoms in total. The van der Waals surface area contributed by atoms with E-state index < -0.39 is 0 Å². The molecule has 1 N–H and O–H groups in total. The van der Waals surface area contributed by atoms with Crippen molar-refractivity contribution < 1.29 is 13.9 Å². The van der Waals surface area contributed by atoms with E-state index in [1.54, 1.807) is 24.3 Å². The lowest BCUT2D eigenvalue weighted by molar-refractivity contribution is 0.0955. The maximum Gasteiger partial charge on any atom is 0.271 e. The Bertz CT molecular complexity index is 703. The Hall–Kier alpha value is -2.56. The van der Waals surface area contributed by atoms with Gasteiger partial charge in [-0.15, -0.1) is 0 Å². The number of ether oxygens (including phenoxy) is 1. The van der Waals surface area contributed by atoms with Crippen LogP contribution in [0.1, 0.15) is 48.1 Å². The van der Waals surface area contributed by atoms with Crippen LogP contribution in [0.3, 0.4) is 0 Å². The molecule has 1 aromatic heterocycles. The fraction of sp³-hybridized carbons (Fsp3) is 0.333. The van der Waals surface area contributed by atoms with Gasteiger partial charge in [-0.25, -0.2) is 5.43 Å². The Labute approximate surface area is 135 Å². The average Bonchev–Trinajstić information content (AvgIpc) is 3.09. The third kappa shape index (κ3) is 3.80. The van der Waals surface area contributed by atoms with Crippen LogP contribution < -0.4 is 10.2 Å². The lowest BCUT2D eigenvalue weighted by atomic mass is 10.2. The molecular weight excluding hydrogens is 292 g/mol. The van der Waals surface area contributed by atoms with Crippen molar-refractivity contribution in [1.29, 1.82) is 0 Å². The molecule has 0 aliphatic heterocycles. The van der Waals surface area contributed by atoms with Crippen LogP contribution in [0.5, 0.6) is 5.75 Å². The summed E-state index contributed by atoms with van der Waals surface area (Å²) in [4.78, 5) is 12.0. The van der Waals surface area contributed by atoms with Crippen molar-refractivity contribution in [3.63, 3.8) is 0 Å². The molecule has 0 radical (unpaired) electrons. The van der Waals surface area contributed by atoms with Gasteiger partial charge in [0, 0.05) is 11.5 Å². The van der Waals surface area contributed by atoms with Gasteiger partial charge >= 0.3 is 0 Å². The normalized spacial score (nSPS) is 19.7. The molecule has 2 aromatic rings. The summed E-state index contributed by atoms with van der Waals surface area (Å²) in [5.41, 5.74) is 3.02. The Kier molecular flexibility index (Phi) is 4.46. The Morgan fingerprint density at radius 2 is 2.09 bits per heavy atom. The number of rotatable bonds is 6. The van der Waals surface area contributed by atoms with Gasteiger partial charge in [-0.2, -0.15) is 5.10 Å². The summed E-state index contributed by atoms with van der Waals surface area (Å²) in [6.07, 6.45) is 2.70. The van der Waals surface area contributed by atoms with Gasteiger partial charge in [0.1, 0.15) is 17.3 Å². The lowest BCUT2D eigenvalue weighted by Gasteiger charge is -2.03. The minimum atomic E-state index is -0.271. The van der Waals surface area contributed by atoms with Crippen molar-refractivity contribution in [2.45, 2.75) is 26.2 Å². The number of hydrogen-bond donors (Lipinski definition) is 1. The largest absolute Gasteiger partial charge is 0.494 e. The van der Waals surface area contributed by atoms with Gasteiger partial charge in [0.2, 0.25) is 0 Å². The topological polar surface area (TPSA) is 63.8 Å². The fourth-order valence-corrected chi connectivity index (χ4v) is 2.44. The second-order valence-corrected chi connectivity index (χ2v) is 5.72. The summed E-state index contributed by atoms with van der Waals surface area (Å²) >= 11 is 0. The second kappa shape index (κ2) is 6.69. The number of carbonyl (C=O) groups is 1. The monoisotopic (exact) mass is 312 g/mol. The molecule has 2 atom stereocenters. The Morgan fingerprint density at radius 1 is 1.35 bits per heavy atom. The van der Waals surface area contributed by atoms with E-state index in [0.717, 1.165) is 11.5 Å². The molecular formula is C18H20N2O3. The van der Waals surface area contributed by atoms with Crippen molar-refractivity contribution >= 4 is 12.1 Å². The van der Waals surface area contributed by atoms with Gasteiger partial charge in [0.25, 0.3) is 5.91 Å². The summed E-state index contributed by atoms with van der Waals surface area (Å²) < 4.78 is 11.0. The van der Waals surface area contributed by atoms with Gasteiger partial charge in [-0.3, -0.25) is 4.79 Å². The number of hydrazone groups is 1. The summed E-state index contributed by atoms with van der Waals surface area (Å²) in [5, 5.41) is 3.94. The van der Waals surface area contributed by atoms with Crippen molar-refractivity contribution in [1.82, 2.24) is 5.43 Å². The van der Waals surface area contributed by atoms with Crippen molar-refractivity contribution in [2.75, 3.05) is 6.61 Å². The van der Waals surface area contributed by atoms with Crippen molar-refractivity contribution in [3.05, 3.63) is 53.5 Å². The number of nitrogens with one attached hydrogen (secondary N) is 1. The van der Waals surface area contributed by atoms with E-state index in [0.29, 0.717) is 29.8 Å². The third-order valence-electron chi connectivity index (χ3n) is 3.91. The van der Waals surface area contributed by atoms with E-state index in [4.69, 9.17) is 9.15 Å². The molecule has 1 saturated carbocycles. The minimum absolute atomic E-state index is 0.271. The smallest absolute Gasteiger partial charge is 0.271 e. The van der Waals surface area contributed by atoms with E-state index in [9.17, 15) is 4.79 Å². The Morgan fingerprint density at radius 3 is 2.74 bits per heavy atom. The van der Waals surface area contributed by atoms with Gasteiger partial charge in [-0.05, 0) is 55.7 Å². The lowest BCUT2D eigenvalue weighted by Crippen LogP contribution is -2.17. The molecule has 23 heavy (non-hydrogen) atoms. The van der Waals surface area contributed by atoms with Crippen LogP contribution in [0.4, 0.5) is 0 Å². The maximum atomic E-state index is 12.0. The molecule has 1 amide bonds. The highest BCUT2D eigenvalue weighted by atomic mass is 16.5. The van der Waals surface area contributed by atoms with Crippen LogP contribution in [-0.4, -0.2) is 18.7 Å². The van der Waals surface area contributed by atoms with Gasteiger partial charge in [0.15, 0.2) is 0 Å². The number of nitrogens with zero attached hydrogens (tertiary/aromatic N) is 1. The maximum absolute atomic E-state index is 12.0. The van der Waals surface area contributed by atoms with Gasteiger partial charge in [-0.1, -0.05) is 6.92 Å². The first-order chi connectivity index (χ1) is 11.2. The third-order valence-corrected chi connectivity index (χ3v) is 3.91. The first kappa shape index (κ1) is 15.3. The zero-order valence-electron chi connectivity index (χ0n) is 13.3. The van der Waals surface area contributed by atoms with Crippen LogP contribution in [0.25, 0.3) is 0 Å². The molecule has 3 rings (SSSR count). The first-order valence-electron chi connectivity index (χ1n) is 7.83. The Balaban J connectivity index is 1.54.